The van der Waals surface area contributed by atoms with Gasteiger partial charge in [0.2, 0.25) is 0 Å². The molecule has 0 radical (unpaired) electrons. The lowest BCUT2D eigenvalue weighted by atomic mass is 9.94. The molecule has 0 aliphatic rings. The Kier molecular flexibility index (Phi) is 6.10. The largest absolute Gasteiger partial charge is 0.309 e. The van der Waals surface area contributed by atoms with Crippen LogP contribution in [0.1, 0.15) is 25.0 Å². The molecular formula is C14H22FNO2S. The summed E-state index contributed by atoms with van der Waals surface area (Å²) in [5.41, 5.74) is 2.14. The first-order chi connectivity index (χ1) is 8.78. The van der Waals surface area contributed by atoms with Crippen molar-refractivity contribution in [3.05, 3.63) is 35.4 Å². The van der Waals surface area contributed by atoms with E-state index in [4.69, 9.17) is 4.55 Å². The molecule has 0 bridgehead atoms. The number of benzene rings is 1. The van der Waals surface area contributed by atoms with Gasteiger partial charge in [0.25, 0.3) is 0 Å². The molecule has 1 rings (SSSR count). The molecule has 0 aliphatic heterocycles. The topological polar surface area (TPSA) is 49.3 Å². The lowest BCUT2D eigenvalue weighted by Gasteiger charge is -2.27. The fourth-order valence-electron chi connectivity index (χ4n) is 1.88. The predicted octanol–water partition coefficient (Wildman–Crippen LogP) is 2.47. The quantitative estimate of drug-likeness (QED) is 0.757. The van der Waals surface area contributed by atoms with Crippen LogP contribution in [-0.4, -0.2) is 32.8 Å². The third-order valence-corrected chi connectivity index (χ3v) is 3.54. The Labute approximate surface area is 116 Å². The predicted molar refractivity (Wildman–Crippen MR) is 77.5 cm³/mol. The summed E-state index contributed by atoms with van der Waals surface area (Å²) in [7, 11) is 0. The first kappa shape index (κ1) is 16.3. The standard InChI is InChI=1S/C14H22FNO2S/c1-11-4-6-12(7-5-11)8-14(2,3)16-9-13(15)10-19(17)18/h4-7,13,16H,8-10H2,1-3H3,(H,17,18)/t13-/m0/s1. The van der Waals surface area contributed by atoms with Gasteiger partial charge in [-0.25, -0.2) is 8.60 Å². The van der Waals surface area contributed by atoms with Crippen molar-refractivity contribution >= 4 is 11.1 Å². The van der Waals surface area contributed by atoms with Gasteiger partial charge in [-0.2, -0.15) is 0 Å². The summed E-state index contributed by atoms with van der Waals surface area (Å²) in [6, 6.07) is 8.24. The second-order valence-electron chi connectivity index (χ2n) is 5.51. The van der Waals surface area contributed by atoms with Gasteiger partial charge < -0.3 is 9.87 Å². The smallest absolute Gasteiger partial charge is 0.155 e. The average molecular weight is 287 g/mol. The minimum absolute atomic E-state index is 0.0885. The highest BCUT2D eigenvalue weighted by Crippen LogP contribution is 2.13. The maximum absolute atomic E-state index is 13.4. The Hall–Kier alpha value is -0.780. The van der Waals surface area contributed by atoms with E-state index in [9.17, 15) is 8.60 Å². The number of aryl methyl sites for hydroxylation is 1. The van der Waals surface area contributed by atoms with E-state index in [-0.39, 0.29) is 17.8 Å². The van der Waals surface area contributed by atoms with Gasteiger partial charge in [-0.3, -0.25) is 0 Å². The van der Waals surface area contributed by atoms with Crippen LogP contribution in [0.2, 0.25) is 0 Å². The molecule has 0 fully saturated rings. The van der Waals surface area contributed by atoms with Crippen molar-refractivity contribution in [1.29, 1.82) is 0 Å². The van der Waals surface area contributed by atoms with E-state index in [0.29, 0.717) is 0 Å². The van der Waals surface area contributed by atoms with Gasteiger partial charge in [-0.15, -0.1) is 0 Å². The zero-order chi connectivity index (χ0) is 14.5. The molecule has 0 spiro atoms. The molecule has 5 heteroatoms. The van der Waals surface area contributed by atoms with Gasteiger partial charge in [-0.1, -0.05) is 29.8 Å². The van der Waals surface area contributed by atoms with Crippen LogP contribution < -0.4 is 5.32 Å². The summed E-state index contributed by atoms with van der Waals surface area (Å²) in [4.78, 5) is 0. The van der Waals surface area contributed by atoms with Crippen molar-refractivity contribution in [3.63, 3.8) is 0 Å². The molecule has 3 nitrogen and oxygen atoms in total. The van der Waals surface area contributed by atoms with Crippen LogP contribution >= 0.6 is 0 Å². The number of hydrogen-bond acceptors (Lipinski definition) is 2. The molecule has 1 unspecified atom stereocenters. The highest BCUT2D eigenvalue weighted by molar-refractivity contribution is 7.79. The van der Waals surface area contributed by atoms with Crippen LogP contribution in [0.5, 0.6) is 0 Å². The molecule has 1 aromatic rings. The Bertz CT molecular complexity index is 420. The van der Waals surface area contributed by atoms with Gasteiger partial charge in [0, 0.05) is 12.1 Å². The van der Waals surface area contributed by atoms with Crippen LogP contribution in [0.3, 0.4) is 0 Å². The molecule has 2 N–H and O–H groups in total. The van der Waals surface area contributed by atoms with Gasteiger partial charge in [-0.05, 0) is 32.8 Å². The van der Waals surface area contributed by atoms with Gasteiger partial charge in [0.15, 0.2) is 11.1 Å². The normalized spacial score (nSPS) is 15.2. The molecule has 0 saturated carbocycles. The number of alkyl halides is 1. The third-order valence-electron chi connectivity index (χ3n) is 2.89. The first-order valence-electron chi connectivity index (χ1n) is 6.30. The molecule has 0 saturated heterocycles. The lowest BCUT2D eigenvalue weighted by Crippen LogP contribution is -2.45. The number of rotatable bonds is 7. The number of hydrogen-bond donors (Lipinski definition) is 2. The van der Waals surface area contributed by atoms with Gasteiger partial charge >= 0.3 is 0 Å². The Balaban J connectivity index is 2.47. The second kappa shape index (κ2) is 7.12. The minimum Gasteiger partial charge on any atom is -0.309 e. The Morgan fingerprint density at radius 2 is 1.95 bits per heavy atom. The average Bonchev–Trinajstić information content (AvgIpc) is 2.29. The molecule has 19 heavy (non-hydrogen) atoms. The van der Waals surface area contributed by atoms with Crippen molar-refractivity contribution in [2.75, 3.05) is 12.3 Å². The van der Waals surface area contributed by atoms with Gasteiger partial charge in [0.05, 0.1) is 5.75 Å². The summed E-state index contributed by atoms with van der Waals surface area (Å²) < 4.78 is 32.5. The van der Waals surface area contributed by atoms with E-state index in [2.05, 4.69) is 29.6 Å². The minimum atomic E-state index is -2.08. The van der Waals surface area contributed by atoms with Crippen molar-refractivity contribution in [1.82, 2.24) is 5.32 Å². The van der Waals surface area contributed by atoms with Crippen LogP contribution in [0.25, 0.3) is 0 Å². The lowest BCUT2D eigenvalue weighted by molar-refractivity contribution is 0.293. The number of halogens is 1. The second-order valence-corrected chi connectivity index (χ2v) is 6.49. The summed E-state index contributed by atoms with van der Waals surface area (Å²) in [6.07, 6.45) is -0.523. The summed E-state index contributed by atoms with van der Waals surface area (Å²) >= 11 is -2.08. The molecule has 0 aromatic heterocycles. The monoisotopic (exact) mass is 287 g/mol. The Morgan fingerprint density at radius 1 is 1.37 bits per heavy atom. The van der Waals surface area contributed by atoms with Crippen molar-refractivity contribution < 1.29 is 13.2 Å². The first-order valence-corrected chi connectivity index (χ1v) is 7.58. The van der Waals surface area contributed by atoms with E-state index in [0.717, 1.165) is 6.42 Å². The van der Waals surface area contributed by atoms with E-state index in [1.54, 1.807) is 0 Å². The molecule has 2 atom stereocenters. The fraction of sp³-hybridized carbons (Fsp3) is 0.571. The Morgan fingerprint density at radius 3 is 2.47 bits per heavy atom. The summed E-state index contributed by atoms with van der Waals surface area (Å²) in [5.74, 6) is -0.340. The fourth-order valence-corrected chi connectivity index (χ4v) is 2.31. The van der Waals surface area contributed by atoms with Crippen LogP contribution in [0, 0.1) is 6.92 Å². The summed E-state index contributed by atoms with van der Waals surface area (Å²) in [5, 5.41) is 3.11. The molecule has 1 aromatic carbocycles. The summed E-state index contributed by atoms with van der Waals surface area (Å²) in [6.45, 7) is 6.12. The van der Waals surface area contributed by atoms with Crippen molar-refractivity contribution in [2.24, 2.45) is 0 Å². The molecule has 108 valence electrons. The van der Waals surface area contributed by atoms with Crippen molar-refractivity contribution in [2.45, 2.75) is 38.9 Å². The maximum atomic E-state index is 13.4. The zero-order valence-electron chi connectivity index (χ0n) is 11.6. The van der Waals surface area contributed by atoms with Gasteiger partial charge in [0.1, 0.15) is 6.17 Å². The van der Waals surface area contributed by atoms with E-state index in [1.165, 1.54) is 11.1 Å². The molecule has 0 heterocycles. The van der Waals surface area contributed by atoms with E-state index >= 15 is 0 Å². The zero-order valence-corrected chi connectivity index (χ0v) is 12.5. The number of nitrogens with one attached hydrogen (secondary N) is 1. The van der Waals surface area contributed by atoms with Crippen LogP contribution in [0.4, 0.5) is 4.39 Å². The van der Waals surface area contributed by atoms with E-state index in [1.807, 2.05) is 20.8 Å². The maximum Gasteiger partial charge on any atom is 0.155 e. The molecule has 0 amide bonds. The van der Waals surface area contributed by atoms with E-state index < -0.39 is 17.3 Å². The van der Waals surface area contributed by atoms with Crippen LogP contribution in [-0.2, 0) is 17.5 Å². The highest BCUT2D eigenvalue weighted by atomic mass is 32.2. The molecular weight excluding hydrogens is 265 g/mol. The highest BCUT2D eigenvalue weighted by Gasteiger charge is 2.20. The third kappa shape index (κ3) is 6.80. The molecule has 0 aliphatic carbocycles. The van der Waals surface area contributed by atoms with Crippen molar-refractivity contribution in [3.8, 4) is 0 Å². The SMILES string of the molecule is Cc1ccc(CC(C)(C)NC[C@H](F)CS(=O)O)cc1. The van der Waals surface area contributed by atoms with Crippen LogP contribution in [0.15, 0.2) is 24.3 Å².